The zero-order valence-electron chi connectivity index (χ0n) is 12.0. The Kier molecular flexibility index (Phi) is 5.30. The topological polar surface area (TPSA) is 104 Å². The van der Waals surface area contributed by atoms with Crippen LogP contribution in [0.5, 0.6) is 0 Å². The zero-order valence-corrected chi connectivity index (χ0v) is 13.6. The lowest BCUT2D eigenvalue weighted by Gasteiger charge is -2.15. The quantitative estimate of drug-likeness (QED) is 0.743. The summed E-state index contributed by atoms with van der Waals surface area (Å²) in [7, 11) is -3.38. The van der Waals surface area contributed by atoms with E-state index in [-0.39, 0.29) is 11.8 Å². The van der Waals surface area contributed by atoms with Crippen molar-refractivity contribution in [2.75, 3.05) is 27.8 Å². The Hall–Kier alpha value is -1.74. The number of thioether (sulfide) groups is 1. The van der Waals surface area contributed by atoms with Gasteiger partial charge >= 0.3 is 0 Å². The van der Waals surface area contributed by atoms with Gasteiger partial charge in [-0.3, -0.25) is 14.3 Å². The van der Waals surface area contributed by atoms with Crippen LogP contribution in [0.4, 0.5) is 11.4 Å². The van der Waals surface area contributed by atoms with Gasteiger partial charge in [0.25, 0.3) is 0 Å². The average molecular weight is 343 g/mol. The Bertz CT molecular complexity index is 676. The molecule has 7 nitrogen and oxygen atoms in total. The van der Waals surface area contributed by atoms with Crippen LogP contribution in [0.1, 0.15) is 6.42 Å². The number of sulfonamides is 1. The maximum atomic E-state index is 12.2. The van der Waals surface area contributed by atoms with Crippen molar-refractivity contribution in [1.29, 1.82) is 0 Å². The van der Waals surface area contributed by atoms with Gasteiger partial charge in [0.15, 0.2) is 0 Å². The van der Waals surface area contributed by atoms with Gasteiger partial charge in [0.05, 0.1) is 11.9 Å². The molecule has 9 heteroatoms. The number of benzene rings is 1. The lowest BCUT2D eigenvalue weighted by molar-refractivity contribution is -0.125. The molecule has 1 heterocycles. The smallest absolute Gasteiger partial charge is 0.247 e. The Balaban J connectivity index is 2.04. The molecule has 0 aliphatic carbocycles. The second-order valence-corrected chi connectivity index (χ2v) is 7.79. The summed E-state index contributed by atoms with van der Waals surface area (Å²) in [6.45, 7) is 0. The lowest BCUT2D eigenvalue weighted by atomic mass is 10.2. The number of nitrogens with one attached hydrogen (secondary N) is 3. The molecule has 0 bridgehead atoms. The van der Waals surface area contributed by atoms with E-state index in [1.807, 2.05) is 0 Å². The molecular formula is C13H17N3O4S2. The van der Waals surface area contributed by atoms with Crippen molar-refractivity contribution in [3.63, 3.8) is 0 Å². The monoisotopic (exact) mass is 343 g/mol. The molecule has 1 aliphatic rings. The third-order valence-electron chi connectivity index (χ3n) is 2.84. The zero-order chi connectivity index (χ0) is 16.2. The van der Waals surface area contributed by atoms with E-state index in [1.165, 1.54) is 6.07 Å². The summed E-state index contributed by atoms with van der Waals surface area (Å²) in [5.74, 6) is 0.749. The molecule has 1 saturated heterocycles. The second kappa shape index (κ2) is 7.01. The van der Waals surface area contributed by atoms with Crippen molar-refractivity contribution in [2.45, 2.75) is 12.5 Å². The number of amides is 2. The third-order valence-corrected chi connectivity index (χ3v) is 4.51. The van der Waals surface area contributed by atoms with E-state index in [2.05, 4.69) is 15.4 Å². The van der Waals surface area contributed by atoms with E-state index in [1.54, 1.807) is 30.0 Å². The molecule has 3 N–H and O–H groups in total. The summed E-state index contributed by atoms with van der Waals surface area (Å²) in [6.07, 6.45) is 1.46. The van der Waals surface area contributed by atoms with E-state index >= 15 is 0 Å². The molecule has 1 aromatic rings. The van der Waals surface area contributed by atoms with Crippen LogP contribution in [0.2, 0.25) is 0 Å². The number of carbonyl (C=O) groups excluding carboxylic acids is 2. The Labute approximate surface area is 133 Å². The van der Waals surface area contributed by atoms with Crippen molar-refractivity contribution in [2.24, 2.45) is 0 Å². The first-order valence-corrected chi connectivity index (χ1v) is 9.64. The predicted octanol–water partition coefficient (Wildman–Crippen LogP) is 0.618. The highest BCUT2D eigenvalue weighted by Crippen LogP contribution is 2.17. The number of rotatable bonds is 4. The number of carbonyl (C=O) groups is 2. The first-order valence-electron chi connectivity index (χ1n) is 6.59. The highest BCUT2D eigenvalue weighted by atomic mass is 32.2. The van der Waals surface area contributed by atoms with Gasteiger partial charge in [-0.1, -0.05) is 6.07 Å². The lowest BCUT2D eigenvalue weighted by Crippen LogP contribution is -2.44. The van der Waals surface area contributed by atoms with Gasteiger partial charge in [0.2, 0.25) is 21.8 Å². The minimum Gasteiger partial charge on any atom is -0.343 e. The van der Waals surface area contributed by atoms with Crippen LogP contribution < -0.4 is 15.4 Å². The van der Waals surface area contributed by atoms with E-state index < -0.39 is 16.1 Å². The molecule has 0 unspecified atom stereocenters. The fourth-order valence-electron chi connectivity index (χ4n) is 1.92. The summed E-state index contributed by atoms with van der Waals surface area (Å²) in [5, 5.41) is 5.35. The van der Waals surface area contributed by atoms with E-state index in [0.29, 0.717) is 29.3 Å². The van der Waals surface area contributed by atoms with Crippen molar-refractivity contribution in [3.05, 3.63) is 24.3 Å². The highest BCUT2D eigenvalue weighted by Gasteiger charge is 2.23. The van der Waals surface area contributed by atoms with Crippen molar-refractivity contribution >= 4 is 45.0 Å². The molecule has 0 aromatic heterocycles. The first kappa shape index (κ1) is 16.6. The van der Waals surface area contributed by atoms with E-state index in [9.17, 15) is 18.0 Å². The number of hydrogen-bond acceptors (Lipinski definition) is 5. The minimum absolute atomic E-state index is 0.141. The van der Waals surface area contributed by atoms with Crippen molar-refractivity contribution in [1.82, 2.24) is 5.32 Å². The fraction of sp³-hybridized carbons (Fsp3) is 0.385. The van der Waals surface area contributed by atoms with Gasteiger partial charge in [0.1, 0.15) is 6.04 Å². The van der Waals surface area contributed by atoms with Gasteiger partial charge in [-0.15, -0.1) is 0 Å². The molecule has 1 fully saturated rings. The van der Waals surface area contributed by atoms with Crippen LogP contribution in [0.3, 0.4) is 0 Å². The maximum Gasteiger partial charge on any atom is 0.247 e. The van der Waals surface area contributed by atoms with Crippen LogP contribution in [0, 0.1) is 0 Å². The molecule has 1 aromatic carbocycles. The molecule has 0 radical (unpaired) electrons. The molecule has 0 spiro atoms. The molecule has 2 rings (SSSR count). The van der Waals surface area contributed by atoms with Gasteiger partial charge in [-0.2, -0.15) is 11.8 Å². The van der Waals surface area contributed by atoms with E-state index in [4.69, 9.17) is 0 Å². The van der Waals surface area contributed by atoms with Crippen molar-refractivity contribution in [3.8, 4) is 0 Å². The molecule has 1 aliphatic heterocycles. The number of anilines is 2. The van der Waals surface area contributed by atoms with Gasteiger partial charge < -0.3 is 10.6 Å². The SMILES string of the molecule is CS(=O)(=O)Nc1cccc(NC(=O)[C@H]2CSCCC(=O)N2)c1. The summed E-state index contributed by atoms with van der Waals surface area (Å²) in [5.41, 5.74) is 0.821. The molecule has 120 valence electrons. The van der Waals surface area contributed by atoms with Gasteiger partial charge in [-0.25, -0.2) is 8.42 Å². The van der Waals surface area contributed by atoms with E-state index in [0.717, 1.165) is 6.26 Å². The van der Waals surface area contributed by atoms with Gasteiger partial charge in [0, 0.05) is 23.6 Å². The standard InChI is InChI=1S/C13H17N3O4S2/c1-22(19,20)16-10-4-2-3-9(7-10)14-13(18)11-8-21-6-5-12(17)15-11/h2-4,7,11,16H,5-6,8H2,1H3,(H,14,18)(H,15,17)/t11-/m1/s1. The summed E-state index contributed by atoms with van der Waals surface area (Å²) < 4.78 is 24.8. The maximum absolute atomic E-state index is 12.2. The molecule has 2 amide bonds. The van der Waals surface area contributed by atoms with Gasteiger partial charge in [-0.05, 0) is 18.2 Å². The Morgan fingerprint density at radius 1 is 1.36 bits per heavy atom. The van der Waals surface area contributed by atoms with Crippen LogP contribution in [0.25, 0.3) is 0 Å². The predicted molar refractivity (Wildman–Crippen MR) is 87.4 cm³/mol. The summed E-state index contributed by atoms with van der Waals surface area (Å²) >= 11 is 1.54. The van der Waals surface area contributed by atoms with Crippen molar-refractivity contribution < 1.29 is 18.0 Å². The molecule has 22 heavy (non-hydrogen) atoms. The third kappa shape index (κ3) is 5.23. The normalized spacial score (nSPS) is 19.0. The minimum atomic E-state index is -3.38. The summed E-state index contributed by atoms with van der Waals surface area (Å²) in [4.78, 5) is 23.7. The average Bonchev–Trinajstić information content (AvgIpc) is 2.62. The summed E-state index contributed by atoms with van der Waals surface area (Å²) in [6, 6.07) is 5.79. The van der Waals surface area contributed by atoms with Crippen LogP contribution in [-0.4, -0.2) is 44.0 Å². The number of hydrogen-bond donors (Lipinski definition) is 3. The Morgan fingerprint density at radius 2 is 2.09 bits per heavy atom. The Morgan fingerprint density at radius 3 is 2.82 bits per heavy atom. The highest BCUT2D eigenvalue weighted by molar-refractivity contribution is 7.99. The first-order chi connectivity index (χ1) is 10.3. The molecule has 0 saturated carbocycles. The molecular weight excluding hydrogens is 326 g/mol. The van der Waals surface area contributed by atoms with Crippen LogP contribution in [0.15, 0.2) is 24.3 Å². The van der Waals surface area contributed by atoms with Crippen LogP contribution in [-0.2, 0) is 19.6 Å². The molecule has 1 atom stereocenters. The van der Waals surface area contributed by atoms with Crippen LogP contribution >= 0.6 is 11.8 Å². The largest absolute Gasteiger partial charge is 0.343 e. The fourth-order valence-corrected chi connectivity index (χ4v) is 3.44. The second-order valence-electron chi connectivity index (χ2n) is 4.89.